The van der Waals surface area contributed by atoms with Gasteiger partial charge in [0.15, 0.2) is 0 Å². The van der Waals surface area contributed by atoms with E-state index < -0.39 is 0 Å². The molecule has 106 valence electrons. The van der Waals surface area contributed by atoms with Crippen LogP contribution in [0.4, 0.5) is 0 Å². The minimum Gasteiger partial charge on any atom is -0.491 e. The van der Waals surface area contributed by atoms with Crippen molar-refractivity contribution in [1.82, 2.24) is 5.32 Å². The van der Waals surface area contributed by atoms with Crippen LogP contribution in [0.3, 0.4) is 0 Å². The number of ether oxygens (including phenoxy) is 1. The molecule has 0 heterocycles. The fourth-order valence-corrected chi connectivity index (χ4v) is 1.78. The number of rotatable bonds is 7. The average Bonchev–Trinajstić information content (AvgIpc) is 2.36. The number of amides is 1. The van der Waals surface area contributed by atoms with Crippen molar-refractivity contribution in [3.8, 4) is 5.75 Å². The van der Waals surface area contributed by atoms with Gasteiger partial charge in [-0.25, -0.2) is 0 Å². The zero-order valence-electron chi connectivity index (χ0n) is 12.0. The van der Waals surface area contributed by atoms with Gasteiger partial charge in [-0.15, -0.1) is 0 Å². The predicted molar refractivity (Wildman–Crippen MR) is 77.4 cm³/mol. The SMILES string of the molecule is CCCC(N)CNC(=O)c1cccc(OC(C)C)c1. The zero-order chi connectivity index (χ0) is 14.3. The van der Waals surface area contributed by atoms with Gasteiger partial charge in [-0.05, 0) is 38.5 Å². The normalized spacial score (nSPS) is 12.3. The summed E-state index contributed by atoms with van der Waals surface area (Å²) >= 11 is 0. The second-order valence-electron chi connectivity index (χ2n) is 4.95. The molecule has 0 bridgehead atoms. The summed E-state index contributed by atoms with van der Waals surface area (Å²) in [7, 11) is 0. The fraction of sp³-hybridized carbons (Fsp3) is 0.533. The molecule has 1 aromatic carbocycles. The topological polar surface area (TPSA) is 64.3 Å². The maximum absolute atomic E-state index is 12.0. The molecule has 0 spiro atoms. The van der Waals surface area contributed by atoms with E-state index in [1.165, 1.54) is 0 Å². The van der Waals surface area contributed by atoms with Crippen molar-refractivity contribution < 1.29 is 9.53 Å². The summed E-state index contributed by atoms with van der Waals surface area (Å²) in [5, 5.41) is 2.84. The molecule has 0 aromatic heterocycles. The molecule has 1 aromatic rings. The molecular weight excluding hydrogens is 240 g/mol. The van der Waals surface area contributed by atoms with E-state index in [4.69, 9.17) is 10.5 Å². The zero-order valence-corrected chi connectivity index (χ0v) is 12.0. The maximum atomic E-state index is 12.0. The van der Waals surface area contributed by atoms with Crippen molar-refractivity contribution in [3.63, 3.8) is 0 Å². The minimum absolute atomic E-state index is 0.0176. The molecule has 3 N–H and O–H groups in total. The monoisotopic (exact) mass is 264 g/mol. The standard InChI is InChI=1S/C15H24N2O2/c1-4-6-13(16)10-17-15(18)12-7-5-8-14(9-12)19-11(2)3/h5,7-9,11,13H,4,6,10,16H2,1-3H3,(H,17,18). The Labute approximate surface area is 115 Å². The van der Waals surface area contributed by atoms with Crippen molar-refractivity contribution in [1.29, 1.82) is 0 Å². The Balaban J connectivity index is 2.56. The Kier molecular flexibility index (Phi) is 6.36. The van der Waals surface area contributed by atoms with Crippen LogP contribution in [0.5, 0.6) is 5.75 Å². The summed E-state index contributed by atoms with van der Waals surface area (Å²) in [4.78, 5) is 12.0. The molecule has 4 nitrogen and oxygen atoms in total. The quantitative estimate of drug-likeness (QED) is 0.794. The van der Waals surface area contributed by atoms with Gasteiger partial charge in [0.25, 0.3) is 5.91 Å². The highest BCUT2D eigenvalue weighted by atomic mass is 16.5. The Hall–Kier alpha value is -1.55. The van der Waals surface area contributed by atoms with Crippen LogP contribution in [0, 0.1) is 0 Å². The van der Waals surface area contributed by atoms with Gasteiger partial charge >= 0.3 is 0 Å². The first kappa shape index (κ1) is 15.5. The molecule has 0 saturated carbocycles. The average molecular weight is 264 g/mol. The molecule has 4 heteroatoms. The number of hydrogen-bond donors (Lipinski definition) is 2. The van der Waals surface area contributed by atoms with Crippen molar-refractivity contribution in [3.05, 3.63) is 29.8 Å². The second kappa shape index (κ2) is 7.79. The molecule has 0 radical (unpaired) electrons. The molecule has 19 heavy (non-hydrogen) atoms. The van der Waals surface area contributed by atoms with Gasteiger partial charge in [-0.2, -0.15) is 0 Å². The van der Waals surface area contributed by atoms with E-state index in [1.54, 1.807) is 12.1 Å². The number of nitrogens with two attached hydrogens (primary N) is 1. The molecule has 0 saturated heterocycles. The summed E-state index contributed by atoms with van der Waals surface area (Å²) in [6.45, 7) is 6.49. The molecule has 0 aliphatic rings. The lowest BCUT2D eigenvalue weighted by Gasteiger charge is -2.13. The predicted octanol–water partition coefficient (Wildman–Crippen LogP) is 2.33. The molecule has 1 amide bonds. The number of carbonyl (C=O) groups is 1. The molecule has 1 atom stereocenters. The largest absolute Gasteiger partial charge is 0.491 e. The Bertz CT molecular complexity index is 405. The Morgan fingerprint density at radius 3 is 2.79 bits per heavy atom. The molecule has 0 aliphatic carbocycles. The van der Waals surface area contributed by atoms with Crippen LogP contribution in [-0.2, 0) is 0 Å². The minimum atomic E-state index is -0.110. The van der Waals surface area contributed by atoms with Crippen LogP contribution >= 0.6 is 0 Å². The summed E-state index contributed by atoms with van der Waals surface area (Å²) in [5.74, 6) is 0.598. The summed E-state index contributed by atoms with van der Waals surface area (Å²) < 4.78 is 5.56. The van der Waals surface area contributed by atoms with Crippen LogP contribution in [0.15, 0.2) is 24.3 Å². The Morgan fingerprint density at radius 2 is 2.16 bits per heavy atom. The molecule has 0 fully saturated rings. The van der Waals surface area contributed by atoms with Crippen molar-refractivity contribution in [2.45, 2.75) is 45.8 Å². The third-order valence-electron chi connectivity index (χ3n) is 2.65. The van der Waals surface area contributed by atoms with Crippen LogP contribution in [0.1, 0.15) is 44.0 Å². The number of carbonyl (C=O) groups excluding carboxylic acids is 1. The van der Waals surface area contributed by atoms with E-state index in [9.17, 15) is 4.79 Å². The lowest BCUT2D eigenvalue weighted by molar-refractivity contribution is 0.0950. The number of benzene rings is 1. The van der Waals surface area contributed by atoms with Gasteiger partial charge < -0.3 is 15.8 Å². The van der Waals surface area contributed by atoms with Crippen LogP contribution in [0.2, 0.25) is 0 Å². The first-order valence-electron chi connectivity index (χ1n) is 6.83. The first-order valence-corrected chi connectivity index (χ1v) is 6.83. The fourth-order valence-electron chi connectivity index (χ4n) is 1.78. The maximum Gasteiger partial charge on any atom is 0.251 e. The third-order valence-corrected chi connectivity index (χ3v) is 2.65. The number of nitrogens with one attached hydrogen (secondary N) is 1. The molecule has 1 rings (SSSR count). The van der Waals surface area contributed by atoms with Crippen molar-refractivity contribution in [2.24, 2.45) is 5.73 Å². The van der Waals surface area contributed by atoms with Crippen LogP contribution in [-0.4, -0.2) is 24.6 Å². The van der Waals surface area contributed by atoms with E-state index in [0.29, 0.717) is 17.9 Å². The van der Waals surface area contributed by atoms with Gasteiger partial charge in [-0.3, -0.25) is 4.79 Å². The highest BCUT2D eigenvalue weighted by Crippen LogP contribution is 2.14. The van der Waals surface area contributed by atoms with Crippen molar-refractivity contribution >= 4 is 5.91 Å². The highest BCUT2D eigenvalue weighted by molar-refractivity contribution is 5.94. The first-order chi connectivity index (χ1) is 9.02. The lowest BCUT2D eigenvalue weighted by Crippen LogP contribution is -2.37. The third kappa shape index (κ3) is 5.75. The van der Waals surface area contributed by atoms with E-state index >= 15 is 0 Å². The van der Waals surface area contributed by atoms with Crippen LogP contribution < -0.4 is 15.8 Å². The second-order valence-corrected chi connectivity index (χ2v) is 4.95. The van der Waals surface area contributed by atoms with Gasteiger partial charge in [-0.1, -0.05) is 19.4 Å². The van der Waals surface area contributed by atoms with Gasteiger partial charge in [0.2, 0.25) is 0 Å². The van der Waals surface area contributed by atoms with Crippen LogP contribution in [0.25, 0.3) is 0 Å². The Morgan fingerprint density at radius 1 is 1.42 bits per heavy atom. The number of hydrogen-bond acceptors (Lipinski definition) is 3. The van der Waals surface area contributed by atoms with E-state index in [1.807, 2.05) is 26.0 Å². The summed E-state index contributed by atoms with van der Waals surface area (Å²) in [6.07, 6.45) is 2.03. The van der Waals surface area contributed by atoms with Gasteiger partial charge in [0, 0.05) is 18.2 Å². The van der Waals surface area contributed by atoms with E-state index in [0.717, 1.165) is 12.8 Å². The summed E-state index contributed by atoms with van der Waals surface area (Å²) in [6, 6.07) is 7.20. The van der Waals surface area contributed by atoms with E-state index in [2.05, 4.69) is 12.2 Å². The molecule has 1 unspecified atom stereocenters. The van der Waals surface area contributed by atoms with Gasteiger partial charge in [0.05, 0.1) is 6.10 Å². The molecular formula is C15H24N2O2. The lowest BCUT2D eigenvalue weighted by atomic mass is 10.1. The van der Waals surface area contributed by atoms with E-state index in [-0.39, 0.29) is 18.1 Å². The smallest absolute Gasteiger partial charge is 0.251 e. The summed E-state index contributed by atoms with van der Waals surface area (Å²) in [5.41, 5.74) is 6.47. The van der Waals surface area contributed by atoms with Gasteiger partial charge in [0.1, 0.15) is 5.75 Å². The molecule has 0 aliphatic heterocycles. The van der Waals surface area contributed by atoms with Crippen molar-refractivity contribution in [2.75, 3.05) is 6.54 Å². The highest BCUT2D eigenvalue weighted by Gasteiger charge is 2.09.